The van der Waals surface area contributed by atoms with Crippen LogP contribution in [0.4, 0.5) is 0 Å². The molecule has 74 valence electrons. The third-order valence-electron chi connectivity index (χ3n) is 1.94. The summed E-state index contributed by atoms with van der Waals surface area (Å²) in [6.45, 7) is 1.97. The third-order valence-corrected chi connectivity index (χ3v) is 2.93. The molecule has 0 saturated carbocycles. The average Bonchev–Trinajstić information content (AvgIpc) is 2.73. The van der Waals surface area contributed by atoms with E-state index in [1.807, 2.05) is 25.1 Å². The molecule has 15 heavy (non-hydrogen) atoms. The van der Waals surface area contributed by atoms with Gasteiger partial charge in [-0.3, -0.25) is 0 Å². The zero-order chi connectivity index (χ0) is 10.7. The number of hydrogen-bond acceptors (Lipinski definition) is 3. The van der Waals surface area contributed by atoms with E-state index in [1.54, 1.807) is 12.4 Å². The molecule has 0 amide bonds. The molecule has 1 aromatic heterocycles. The molecular formula is C11H9N3S. The van der Waals surface area contributed by atoms with Crippen molar-refractivity contribution in [3.8, 4) is 6.07 Å². The predicted molar refractivity (Wildman–Crippen MR) is 58.6 cm³/mol. The van der Waals surface area contributed by atoms with Gasteiger partial charge in [0.15, 0.2) is 5.16 Å². The lowest BCUT2D eigenvalue weighted by Gasteiger charge is -2.01. The molecule has 0 fully saturated rings. The molecule has 0 radical (unpaired) electrons. The molecule has 0 atom stereocenters. The van der Waals surface area contributed by atoms with Crippen LogP contribution in [0.3, 0.4) is 0 Å². The Bertz CT molecular complexity index is 497. The van der Waals surface area contributed by atoms with Crippen LogP contribution in [0.2, 0.25) is 0 Å². The predicted octanol–water partition coefficient (Wildman–Crippen LogP) is 2.74. The number of hydrogen-bond donors (Lipinski definition) is 1. The number of aromatic nitrogens is 2. The number of H-pyrrole nitrogens is 1. The lowest BCUT2D eigenvalue weighted by molar-refractivity contribution is 1.06. The first-order valence-corrected chi connectivity index (χ1v) is 5.29. The zero-order valence-electron chi connectivity index (χ0n) is 8.19. The largest absolute Gasteiger partial charge is 0.339 e. The number of nitrogens with zero attached hydrogens (tertiary/aromatic N) is 2. The second kappa shape index (κ2) is 4.20. The first-order valence-electron chi connectivity index (χ1n) is 4.47. The SMILES string of the molecule is Cc1ccc(Sc2ncc[nH]2)c(C#N)c1. The van der Waals surface area contributed by atoms with Crippen LogP contribution in [0.5, 0.6) is 0 Å². The van der Waals surface area contributed by atoms with E-state index in [1.165, 1.54) is 11.8 Å². The normalized spacial score (nSPS) is 9.87. The van der Waals surface area contributed by atoms with E-state index in [0.29, 0.717) is 5.56 Å². The Labute approximate surface area is 92.2 Å². The minimum atomic E-state index is 0.691. The summed E-state index contributed by atoms with van der Waals surface area (Å²) in [5.41, 5.74) is 1.78. The Hall–Kier alpha value is -1.73. The number of aromatic amines is 1. The standard InChI is InChI=1S/C11H9N3S/c1-8-2-3-10(9(6-8)7-12)15-11-13-4-5-14-11/h2-6H,1H3,(H,13,14). The van der Waals surface area contributed by atoms with Crippen molar-refractivity contribution in [2.24, 2.45) is 0 Å². The fourth-order valence-electron chi connectivity index (χ4n) is 1.23. The molecular weight excluding hydrogens is 206 g/mol. The van der Waals surface area contributed by atoms with Crippen LogP contribution in [0.15, 0.2) is 40.6 Å². The molecule has 0 spiro atoms. The first kappa shape index (κ1) is 9.81. The summed E-state index contributed by atoms with van der Waals surface area (Å²) < 4.78 is 0. The van der Waals surface area contributed by atoms with E-state index in [-0.39, 0.29) is 0 Å². The summed E-state index contributed by atoms with van der Waals surface area (Å²) in [6, 6.07) is 8.00. The van der Waals surface area contributed by atoms with Crippen LogP contribution in [0.25, 0.3) is 0 Å². The number of nitrogens with one attached hydrogen (secondary N) is 1. The maximum Gasteiger partial charge on any atom is 0.170 e. The van der Waals surface area contributed by atoms with E-state index in [2.05, 4.69) is 16.0 Å². The van der Waals surface area contributed by atoms with Gasteiger partial charge in [0.1, 0.15) is 6.07 Å². The van der Waals surface area contributed by atoms with Gasteiger partial charge in [0.2, 0.25) is 0 Å². The molecule has 0 aliphatic heterocycles. The van der Waals surface area contributed by atoms with Crippen LogP contribution < -0.4 is 0 Å². The number of benzene rings is 1. The van der Waals surface area contributed by atoms with Crippen molar-refractivity contribution in [2.45, 2.75) is 17.0 Å². The molecule has 1 N–H and O–H groups in total. The van der Waals surface area contributed by atoms with Crippen molar-refractivity contribution < 1.29 is 0 Å². The Morgan fingerprint density at radius 2 is 2.33 bits per heavy atom. The third kappa shape index (κ3) is 2.20. The fourth-order valence-corrected chi connectivity index (χ4v) is 2.03. The molecule has 0 saturated heterocycles. The maximum absolute atomic E-state index is 8.98. The molecule has 4 heteroatoms. The van der Waals surface area contributed by atoms with Gasteiger partial charge in [-0.15, -0.1) is 0 Å². The van der Waals surface area contributed by atoms with Crippen LogP contribution in [-0.4, -0.2) is 9.97 Å². The highest BCUT2D eigenvalue weighted by atomic mass is 32.2. The van der Waals surface area contributed by atoms with Crippen LogP contribution in [0, 0.1) is 18.3 Å². The fraction of sp³-hybridized carbons (Fsp3) is 0.0909. The van der Waals surface area contributed by atoms with Gasteiger partial charge in [0.25, 0.3) is 0 Å². The van der Waals surface area contributed by atoms with E-state index in [0.717, 1.165) is 15.6 Å². The van der Waals surface area contributed by atoms with E-state index in [4.69, 9.17) is 5.26 Å². The Kier molecular flexibility index (Phi) is 2.75. The van der Waals surface area contributed by atoms with Crippen molar-refractivity contribution in [2.75, 3.05) is 0 Å². The molecule has 0 unspecified atom stereocenters. The summed E-state index contributed by atoms with van der Waals surface area (Å²) in [7, 11) is 0. The second-order valence-corrected chi connectivity index (χ2v) is 4.14. The van der Waals surface area contributed by atoms with E-state index < -0.39 is 0 Å². The molecule has 0 aliphatic carbocycles. The van der Waals surface area contributed by atoms with Crippen LogP contribution in [0.1, 0.15) is 11.1 Å². The van der Waals surface area contributed by atoms with Gasteiger partial charge in [-0.1, -0.05) is 17.8 Å². The number of rotatable bonds is 2. The van der Waals surface area contributed by atoms with Gasteiger partial charge in [-0.25, -0.2) is 4.98 Å². The maximum atomic E-state index is 8.98. The average molecular weight is 215 g/mol. The molecule has 1 aromatic carbocycles. The summed E-state index contributed by atoms with van der Waals surface area (Å²) in [6.07, 6.45) is 3.46. The first-order chi connectivity index (χ1) is 7.29. The zero-order valence-corrected chi connectivity index (χ0v) is 9.01. The number of aryl methyl sites for hydroxylation is 1. The summed E-state index contributed by atoms with van der Waals surface area (Å²) in [5.74, 6) is 0. The van der Waals surface area contributed by atoms with Gasteiger partial charge >= 0.3 is 0 Å². The smallest absolute Gasteiger partial charge is 0.170 e. The monoisotopic (exact) mass is 215 g/mol. The topological polar surface area (TPSA) is 52.5 Å². The van der Waals surface area contributed by atoms with Gasteiger partial charge in [0, 0.05) is 17.3 Å². The number of nitriles is 1. The molecule has 3 nitrogen and oxygen atoms in total. The Morgan fingerprint density at radius 1 is 1.47 bits per heavy atom. The van der Waals surface area contributed by atoms with Crippen LogP contribution in [-0.2, 0) is 0 Å². The Morgan fingerprint density at radius 3 is 3.00 bits per heavy atom. The van der Waals surface area contributed by atoms with Crippen molar-refractivity contribution in [1.82, 2.24) is 9.97 Å². The van der Waals surface area contributed by atoms with Crippen molar-refractivity contribution in [3.05, 3.63) is 41.7 Å². The van der Waals surface area contributed by atoms with Crippen molar-refractivity contribution in [3.63, 3.8) is 0 Å². The highest BCUT2D eigenvalue weighted by Crippen LogP contribution is 2.27. The quantitative estimate of drug-likeness (QED) is 0.838. The molecule has 1 heterocycles. The highest BCUT2D eigenvalue weighted by Gasteiger charge is 2.05. The van der Waals surface area contributed by atoms with Gasteiger partial charge < -0.3 is 4.98 Å². The van der Waals surface area contributed by atoms with E-state index in [9.17, 15) is 0 Å². The summed E-state index contributed by atoms with van der Waals surface area (Å²) in [4.78, 5) is 8.03. The molecule has 2 rings (SSSR count). The Balaban J connectivity index is 2.33. The number of imidazole rings is 1. The molecule has 0 aliphatic rings. The van der Waals surface area contributed by atoms with Crippen molar-refractivity contribution >= 4 is 11.8 Å². The van der Waals surface area contributed by atoms with E-state index >= 15 is 0 Å². The highest BCUT2D eigenvalue weighted by molar-refractivity contribution is 7.99. The minimum Gasteiger partial charge on any atom is -0.339 e. The summed E-state index contributed by atoms with van der Waals surface area (Å²) in [5, 5.41) is 9.78. The van der Waals surface area contributed by atoms with Gasteiger partial charge in [-0.05, 0) is 24.6 Å². The minimum absolute atomic E-state index is 0.691. The van der Waals surface area contributed by atoms with Gasteiger partial charge in [0.05, 0.1) is 5.56 Å². The molecule has 2 aromatic rings. The summed E-state index contributed by atoms with van der Waals surface area (Å²) >= 11 is 1.46. The lowest BCUT2D eigenvalue weighted by atomic mass is 10.2. The second-order valence-electron chi connectivity index (χ2n) is 3.11. The van der Waals surface area contributed by atoms with Gasteiger partial charge in [-0.2, -0.15) is 5.26 Å². The lowest BCUT2D eigenvalue weighted by Crippen LogP contribution is -1.84. The molecule has 0 bridgehead atoms. The van der Waals surface area contributed by atoms with Crippen LogP contribution >= 0.6 is 11.8 Å². The van der Waals surface area contributed by atoms with Crippen molar-refractivity contribution in [1.29, 1.82) is 5.26 Å².